The summed E-state index contributed by atoms with van der Waals surface area (Å²) in [7, 11) is 0. The van der Waals surface area contributed by atoms with Gasteiger partial charge in [0.15, 0.2) is 0 Å². The van der Waals surface area contributed by atoms with E-state index in [1.807, 2.05) is 25.1 Å². The predicted molar refractivity (Wildman–Crippen MR) is 55.9 cm³/mol. The second-order valence-corrected chi connectivity index (χ2v) is 3.46. The Labute approximate surface area is 84.4 Å². The number of fused-ring (bicyclic) bond motifs is 3. The van der Waals surface area contributed by atoms with E-state index in [2.05, 4.69) is 15.1 Å². The first-order valence-corrected chi connectivity index (χ1v) is 4.58. The molecule has 0 aliphatic heterocycles. The van der Waals surface area contributed by atoms with Crippen LogP contribution in [0, 0.1) is 6.92 Å². The summed E-state index contributed by atoms with van der Waals surface area (Å²) in [6.07, 6.45) is 1.49. The maximum atomic E-state index is 11.5. The molecule has 0 aliphatic carbocycles. The first-order valence-electron chi connectivity index (χ1n) is 4.58. The third-order valence-electron chi connectivity index (χ3n) is 2.39. The van der Waals surface area contributed by atoms with Crippen LogP contribution >= 0.6 is 0 Å². The fraction of sp³-hybridized carbons (Fsp3) is 0.100. The van der Waals surface area contributed by atoms with Crippen molar-refractivity contribution in [1.29, 1.82) is 0 Å². The van der Waals surface area contributed by atoms with Gasteiger partial charge in [-0.15, -0.1) is 0 Å². The van der Waals surface area contributed by atoms with E-state index in [-0.39, 0.29) is 5.69 Å². The zero-order valence-electron chi connectivity index (χ0n) is 8.06. The van der Waals surface area contributed by atoms with Crippen LogP contribution in [0.1, 0.15) is 5.56 Å². The average molecular weight is 200 g/mol. The van der Waals surface area contributed by atoms with Crippen molar-refractivity contribution in [2.24, 2.45) is 0 Å². The molecule has 0 spiro atoms. The molecule has 0 unspecified atom stereocenters. The van der Waals surface area contributed by atoms with Crippen LogP contribution in [0.2, 0.25) is 0 Å². The van der Waals surface area contributed by atoms with Gasteiger partial charge in [-0.25, -0.2) is 4.79 Å². The van der Waals surface area contributed by atoms with E-state index in [4.69, 9.17) is 0 Å². The summed E-state index contributed by atoms with van der Waals surface area (Å²) < 4.78 is 1.27. The predicted octanol–water partition coefficient (Wildman–Crippen LogP) is 0.879. The molecule has 5 nitrogen and oxygen atoms in total. The maximum absolute atomic E-state index is 11.5. The number of benzene rings is 1. The van der Waals surface area contributed by atoms with E-state index < -0.39 is 0 Å². The quantitative estimate of drug-likeness (QED) is 0.586. The molecule has 1 N–H and O–H groups in total. The maximum Gasteiger partial charge on any atom is 0.370 e. The first kappa shape index (κ1) is 8.16. The minimum absolute atomic E-state index is 0.359. The second-order valence-electron chi connectivity index (χ2n) is 3.46. The molecule has 0 atom stereocenters. The van der Waals surface area contributed by atoms with Crippen molar-refractivity contribution in [1.82, 2.24) is 19.6 Å². The molecule has 0 radical (unpaired) electrons. The van der Waals surface area contributed by atoms with Gasteiger partial charge in [-0.05, 0) is 19.1 Å². The minimum Gasteiger partial charge on any atom is -0.329 e. The van der Waals surface area contributed by atoms with Crippen molar-refractivity contribution in [3.8, 4) is 0 Å². The zero-order valence-corrected chi connectivity index (χ0v) is 8.06. The Morgan fingerprint density at radius 1 is 1.40 bits per heavy atom. The van der Waals surface area contributed by atoms with Gasteiger partial charge in [-0.2, -0.15) is 14.6 Å². The van der Waals surface area contributed by atoms with Crippen molar-refractivity contribution in [3.05, 3.63) is 40.6 Å². The number of hydrogen-bond donors (Lipinski definition) is 1. The fourth-order valence-corrected chi connectivity index (χ4v) is 1.69. The molecule has 0 amide bonds. The third kappa shape index (κ3) is 1.06. The molecule has 5 heteroatoms. The second kappa shape index (κ2) is 2.66. The number of nitrogens with one attached hydrogen (secondary N) is 1. The molecular weight excluding hydrogens is 192 g/mol. The van der Waals surface area contributed by atoms with E-state index >= 15 is 0 Å². The highest BCUT2D eigenvalue weighted by Crippen LogP contribution is 2.15. The number of hydrogen-bond acceptors (Lipinski definition) is 3. The molecule has 0 bridgehead atoms. The van der Waals surface area contributed by atoms with Gasteiger partial charge in [0.05, 0.1) is 5.52 Å². The zero-order chi connectivity index (χ0) is 10.4. The van der Waals surface area contributed by atoms with E-state index in [0.717, 1.165) is 10.9 Å². The smallest absolute Gasteiger partial charge is 0.329 e. The lowest BCUT2D eigenvalue weighted by atomic mass is 10.2. The molecule has 0 fully saturated rings. The van der Waals surface area contributed by atoms with Crippen molar-refractivity contribution < 1.29 is 0 Å². The Bertz CT molecular complexity index is 710. The lowest BCUT2D eigenvalue weighted by Crippen LogP contribution is -2.17. The van der Waals surface area contributed by atoms with E-state index in [9.17, 15) is 4.79 Å². The van der Waals surface area contributed by atoms with Gasteiger partial charge in [0.1, 0.15) is 12.0 Å². The standard InChI is InChI=1S/C10H8N4O/c1-6-2-3-8-7(4-6)9-11-5-12-14(9)10(15)13-8/h2-5H,1H3,(H,11,12). The summed E-state index contributed by atoms with van der Waals surface area (Å²) in [4.78, 5) is 18.4. The Morgan fingerprint density at radius 3 is 3.13 bits per heavy atom. The Morgan fingerprint density at radius 2 is 2.27 bits per heavy atom. The molecule has 0 saturated carbocycles. The summed E-state index contributed by atoms with van der Waals surface area (Å²) in [5.41, 5.74) is 2.14. The van der Waals surface area contributed by atoms with Gasteiger partial charge >= 0.3 is 5.69 Å². The highest BCUT2D eigenvalue weighted by molar-refractivity contribution is 5.91. The van der Waals surface area contributed by atoms with E-state index in [0.29, 0.717) is 11.2 Å². The SMILES string of the molecule is Cc1ccc2nc(=O)n3nc[nH]c3c2c1. The third-order valence-corrected chi connectivity index (χ3v) is 2.39. The van der Waals surface area contributed by atoms with Crippen molar-refractivity contribution in [2.45, 2.75) is 6.92 Å². The summed E-state index contributed by atoms with van der Waals surface area (Å²) in [5, 5.41) is 4.79. The molecule has 0 aliphatic rings. The Kier molecular flexibility index (Phi) is 1.45. The first-order chi connectivity index (χ1) is 7.25. The van der Waals surface area contributed by atoms with Crippen LogP contribution in [-0.2, 0) is 0 Å². The van der Waals surface area contributed by atoms with Gasteiger partial charge < -0.3 is 4.98 Å². The number of aromatic amines is 1. The monoisotopic (exact) mass is 200 g/mol. The van der Waals surface area contributed by atoms with E-state index in [1.54, 1.807) is 0 Å². The molecule has 0 saturated heterocycles. The van der Waals surface area contributed by atoms with Crippen LogP contribution in [0.25, 0.3) is 16.6 Å². The van der Waals surface area contributed by atoms with Crippen molar-refractivity contribution >= 4 is 16.6 Å². The van der Waals surface area contributed by atoms with Crippen LogP contribution in [0.5, 0.6) is 0 Å². The summed E-state index contributed by atoms with van der Waals surface area (Å²) in [6, 6.07) is 5.75. The van der Waals surface area contributed by atoms with Crippen LogP contribution in [0.4, 0.5) is 0 Å². The highest BCUT2D eigenvalue weighted by Gasteiger charge is 2.06. The lowest BCUT2D eigenvalue weighted by molar-refractivity contribution is 0.881. The Balaban J connectivity index is 2.67. The normalized spacial score (nSPS) is 11.3. The van der Waals surface area contributed by atoms with Crippen molar-refractivity contribution in [2.75, 3.05) is 0 Å². The van der Waals surface area contributed by atoms with Crippen molar-refractivity contribution in [3.63, 3.8) is 0 Å². The molecule has 74 valence electrons. The molecule has 2 aromatic heterocycles. The summed E-state index contributed by atoms with van der Waals surface area (Å²) >= 11 is 0. The number of H-pyrrole nitrogens is 1. The molecule has 3 aromatic rings. The van der Waals surface area contributed by atoms with Gasteiger partial charge in [-0.1, -0.05) is 11.6 Å². The number of aromatic nitrogens is 4. The van der Waals surface area contributed by atoms with Crippen LogP contribution in [-0.4, -0.2) is 19.6 Å². The van der Waals surface area contributed by atoms with Gasteiger partial charge in [0.2, 0.25) is 0 Å². The highest BCUT2D eigenvalue weighted by atomic mass is 16.1. The Hall–Kier alpha value is -2.17. The number of aryl methyl sites for hydroxylation is 1. The average Bonchev–Trinajstić information content (AvgIpc) is 2.69. The van der Waals surface area contributed by atoms with E-state index in [1.165, 1.54) is 10.8 Å². The molecular formula is C10H8N4O. The molecule has 15 heavy (non-hydrogen) atoms. The van der Waals surface area contributed by atoms with Crippen LogP contribution in [0.3, 0.4) is 0 Å². The van der Waals surface area contributed by atoms with Gasteiger partial charge in [-0.3, -0.25) is 0 Å². The number of rotatable bonds is 0. The molecule has 2 heterocycles. The van der Waals surface area contributed by atoms with Crippen LogP contribution in [0.15, 0.2) is 29.3 Å². The largest absolute Gasteiger partial charge is 0.370 e. The number of nitrogens with zero attached hydrogens (tertiary/aromatic N) is 3. The summed E-state index contributed by atoms with van der Waals surface area (Å²) in [6.45, 7) is 2.00. The molecule has 1 aromatic carbocycles. The molecule has 3 rings (SSSR count). The minimum atomic E-state index is -0.359. The summed E-state index contributed by atoms with van der Waals surface area (Å²) in [5.74, 6) is 0. The topological polar surface area (TPSA) is 63.1 Å². The van der Waals surface area contributed by atoms with Crippen LogP contribution < -0.4 is 5.69 Å². The van der Waals surface area contributed by atoms with Gasteiger partial charge in [0, 0.05) is 5.39 Å². The fourth-order valence-electron chi connectivity index (χ4n) is 1.69. The van der Waals surface area contributed by atoms with Gasteiger partial charge in [0.25, 0.3) is 0 Å². The lowest BCUT2D eigenvalue weighted by Gasteiger charge is -1.99.